The van der Waals surface area contributed by atoms with E-state index in [4.69, 9.17) is 15.7 Å². The van der Waals surface area contributed by atoms with Crippen LogP contribution in [0.5, 0.6) is 0 Å². The summed E-state index contributed by atoms with van der Waals surface area (Å²) < 4.78 is 3.50. The van der Waals surface area contributed by atoms with Gasteiger partial charge in [0.15, 0.2) is 5.65 Å². The van der Waals surface area contributed by atoms with Crippen LogP contribution < -0.4 is 21.3 Å². The lowest BCUT2D eigenvalue weighted by molar-refractivity contribution is 0.102. The van der Waals surface area contributed by atoms with Crippen LogP contribution in [0.2, 0.25) is 0 Å². The number of fused-ring (bicyclic) bond motifs is 1. The van der Waals surface area contributed by atoms with Crippen LogP contribution in [0.1, 0.15) is 54.1 Å². The Labute approximate surface area is 238 Å². The molecule has 5 aromatic rings. The normalized spacial score (nSPS) is 14.1. The Morgan fingerprint density at radius 2 is 1.76 bits per heavy atom. The fourth-order valence-electron chi connectivity index (χ4n) is 5.00. The van der Waals surface area contributed by atoms with Crippen molar-refractivity contribution in [3.05, 3.63) is 89.9 Å². The van der Waals surface area contributed by atoms with Crippen molar-refractivity contribution in [2.45, 2.75) is 45.2 Å². The number of amides is 1. The van der Waals surface area contributed by atoms with Crippen molar-refractivity contribution >= 4 is 29.1 Å². The average molecular weight is 551 g/mol. The van der Waals surface area contributed by atoms with Crippen molar-refractivity contribution < 1.29 is 4.79 Å². The lowest BCUT2D eigenvalue weighted by Gasteiger charge is -2.30. The largest absolute Gasteiger partial charge is 0.350 e. The van der Waals surface area contributed by atoms with Gasteiger partial charge in [-0.1, -0.05) is 50.2 Å². The Morgan fingerprint density at radius 3 is 2.54 bits per heavy atom. The van der Waals surface area contributed by atoms with E-state index < -0.39 is 0 Å². The fraction of sp³-hybridized carbons (Fsp3) is 0.300. The Hall–Kier alpha value is -4.77. The quantitative estimate of drug-likeness (QED) is 0.262. The number of carbonyl (C=O) groups is 1. The Balaban J connectivity index is 1.26. The highest BCUT2D eigenvalue weighted by molar-refractivity contribution is 6.03. The molecule has 0 bridgehead atoms. The van der Waals surface area contributed by atoms with Gasteiger partial charge in [-0.2, -0.15) is 24.7 Å². The summed E-state index contributed by atoms with van der Waals surface area (Å²) >= 11 is 0. The zero-order valence-corrected chi connectivity index (χ0v) is 23.2. The van der Waals surface area contributed by atoms with Crippen LogP contribution >= 0.6 is 0 Å². The van der Waals surface area contributed by atoms with Crippen molar-refractivity contribution in [2.24, 2.45) is 5.73 Å². The topological polar surface area (TPSA) is 131 Å². The molecule has 1 saturated heterocycles. The van der Waals surface area contributed by atoms with Gasteiger partial charge < -0.3 is 21.3 Å². The molecule has 1 fully saturated rings. The molecule has 0 spiro atoms. The maximum atomic E-state index is 12.8. The zero-order chi connectivity index (χ0) is 28.3. The Kier molecular flexibility index (Phi) is 7.34. The molecule has 4 N–H and O–H groups in total. The van der Waals surface area contributed by atoms with E-state index in [-0.39, 0.29) is 17.9 Å². The number of hydrogen-bond donors (Lipinski definition) is 3. The van der Waals surface area contributed by atoms with Gasteiger partial charge in [-0.25, -0.2) is 4.68 Å². The third-order valence-corrected chi connectivity index (χ3v) is 7.38. The maximum absolute atomic E-state index is 12.8. The number of anilines is 3. The molecule has 3 aromatic heterocycles. The van der Waals surface area contributed by atoms with Crippen LogP contribution in [0.4, 0.5) is 17.6 Å². The fourth-order valence-corrected chi connectivity index (χ4v) is 5.00. The van der Waals surface area contributed by atoms with E-state index in [1.165, 1.54) is 0 Å². The summed E-state index contributed by atoms with van der Waals surface area (Å²) in [7, 11) is 0. The maximum Gasteiger partial charge on any atom is 0.258 e. The second kappa shape index (κ2) is 11.4. The number of benzene rings is 2. The second-order valence-electron chi connectivity index (χ2n) is 10.6. The van der Waals surface area contributed by atoms with Gasteiger partial charge in [-0.3, -0.25) is 4.79 Å². The molecule has 6 rings (SSSR count). The summed E-state index contributed by atoms with van der Waals surface area (Å²) in [5.74, 6) is 1.35. The number of nitrogens with zero attached hydrogens (tertiary/aromatic N) is 7. The third kappa shape index (κ3) is 5.62. The van der Waals surface area contributed by atoms with E-state index in [1.807, 2.05) is 60.8 Å². The van der Waals surface area contributed by atoms with E-state index in [0.717, 1.165) is 54.1 Å². The molecule has 0 aliphatic carbocycles. The highest BCUT2D eigenvalue weighted by Crippen LogP contribution is 2.25. The van der Waals surface area contributed by atoms with E-state index in [1.54, 1.807) is 21.6 Å². The zero-order valence-electron chi connectivity index (χ0n) is 23.2. The van der Waals surface area contributed by atoms with Gasteiger partial charge in [0.25, 0.3) is 5.91 Å². The molecule has 1 aliphatic rings. The van der Waals surface area contributed by atoms with Crippen molar-refractivity contribution in [3.8, 4) is 5.69 Å². The smallest absolute Gasteiger partial charge is 0.258 e. The average Bonchev–Trinajstić information content (AvgIpc) is 3.65. The first kappa shape index (κ1) is 26.5. The van der Waals surface area contributed by atoms with Crippen LogP contribution in [0.25, 0.3) is 11.3 Å². The Morgan fingerprint density at radius 1 is 1.00 bits per heavy atom. The van der Waals surface area contributed by atoms with Crippen LogP contribution in [-0.4, -0.2) is 54.4 Å². The molecule has 4 heterocycles. The number of nitrogens with two attached hydrogens (primary N) is 1. The molecular formula is C30H34N10O. The molecule has 210 valence electrons. The number of rotatable bonds is 8. The van der Waals surface area contributed by atoms with Crippen molar-refractivity contribution in [2.75, 3.05) is 28.6 Å². The number of para-hydroxylation sites is 2. The lowest BCUT2D eigenvalue weighted by Crippen LogP contribution is -2.40. The molecule has 1 aliphatic heterocycles. The first-order chi connectivity index (χ1) is 20.0. The summed E-state index contributed by atoms with van der Waals surface area (Å²) in [6.45, 7) is 6.39. The van der Waals surface area contributed by atoms with Gasteiger partial charge in [0.05, 0.1) is 23.6 Å². The van der Waals surface area contributed by atoms with Crippen molar-refractivity contribution in [1.29, 1.82) is 0 Å². The van der Waals surface area contributed by atoms with Crippen molar-refractivity contribution in [3.63, 3.8) is 0 Å². The minimum absolute atomic E-state index is 0.215. The second-order valence-corrected chi connectivity index (χ2v) is 10.6. The number of aromatic nitrogens is 6. The summed E-state index contributed by atoms with van der Waals surface area (Å²) in [6, 6.07) is 17.5. The molecular weight excluding hydrogens is 516 g/mol. The van der Waals surface area contributed by atoms with E-state index in [2.05, 4.69) is 39.6 Å². The number of hydrogen-bond acceptors (Lipinski definition) is 8. The van der Waals surface area contributed by atoms with Crippen LogP contribution in [0, 0.1) is 0 Å². The van der Waals surface area contributed by atoms with Gasteiger partial charge in [-0.15, -0.1) is 0 Å². The summed E-state index contributed by atoms with van der Waals surface area (Å²) in [4.78, 5) is 24.8. The first-order valence-corrected chi connectivity index (χ1v) is 14.0. The van der Waals surface area contributed by atoms with Gasteiger partial charge in [0, 0.05) is 43.1 Å². The van der Waals surface area contributed by atoms with Gasteiger partial charge in [0.2, 0.25) is 11.9 Å². The van der Waals surface area contributed by atoms with Crippen LogP contribution in [-0.2, 0) is 6.54 Å². The predicted molar refractivity (Wildman–Crippen MR) is 160 cm³/mol. The molecule has 0 atom stereocenters. The van der Waals surface area contributed by atoms with Gasteiger partial charge >= 0.3 is 0 Å². The molecule has 11 nitrogen and oxygen atoms in total. The molecule has 0 unspecified atom stereocenters. The molecule has 0 saturated carbocycles. The molecule has 1 amide bonds. The first-order valence-electron chi connectivity index (χ1n) is 14.0. The number of nitrogens with one attached hydrogen (secondary N) is 2. The minimum Gasteiger partial charge on any atom is -0.350 e. The van der Waals surface area contributed by atoms with E-state index in [9.17, 15) is 4.79 Å². The van der Waals surface area contributed by atoms with Gasteiger partial charge in [-0.05, 0) is 42.5 Å². The summed E-state index contributed by atoms with van der Waals surface area (Å²) in [5.41, 5.74) is 11.1. The third-order valence-electron chi connectivity index (χ3n) is 7.38. The van der Waals surface area contributed by atoms with Crippen LogP contribution in [0.3, 0.4) is 0 Å². The predicted octanol–water partition coefficient (Wildman–Crippen LogP) is 4.23. The number of piperidine rings is 1. The summed E-state index contributed by atoms with van der Waals surface area (Å²) in [6.07, 6.45) is 7.01. The van der Waals surface area contributed by atoms with E-state index >= 15 is 0 Å². The highest BCUT2D eigenvalue weighted by Gasteiger charge is 2.22. The Bertz CT molecular complexity index is 1650. The molecule has 2 aromatic carbocycles. The standard InChI is InChI=1S/C30H34N10O/c1-20(2)25-18-34-40-27(25)36-30(38-14-12-23(31)13-15-38)37-29(40)32-16-21-8-6-7-11-26(21)39-19-22(17-33-39)28(41)35-24-9-4-3-5-10-24/h3-11,17-20,23H,12-16,31H2,1-2H3,(H,35,41)(H,32,36,37). The molecule has 41 heavy (non-hydrogen) atoms. The SMILES string of the molecule is CC(C)c1cnn2c(NCc3ccccc3-n3cc(C(=O)Nc4ccccc4)cn3)nc(N3CCC(N)CC3)nc12. The minimum atomic E-state index is -0.215. The highest BCUT2D eigenvalue weighted by atomic mass is 16.1. The monoisotopic (exact) mass is 550 g/mol. The number of carbonyl (C=O) groups excluding carboxylic acids is 1. The summed E-state index contributed by atoms with van der Waals surface area (Å²) in [5, 5.41) is 15.5. The van der Waals surface area contributed by atoms with Crippen molar-refractivity contribution in [1.82, 2.24) is 29.4 Å². The van der Waals surface area contributed by atoms with E-state index in [0.29, 0.717) is 24.0 Å². The van der Waals surface area contributed by atoms with Gasteiger partial charge in [0.1, 0.15) is 0 Å². The molecule has 0 radical (unpaired) electrons. The van der Waals surface area contributed by atoms with Crippen LogP contribution in [0.15, 0.2) is 73.2 Å². The lowest BCUT2D eigenvalue weighted by atomic mass is 10.1. The molecule has 11 heteroatoms.